The lowest BCUT2D eigenvalue weighted by atomic mass is 9.97. The summed E-state index contributed by atoms with van der Waals surface area (Å²) >= 11 is 0. The number of esters is 1. The Balaban J connectivity index is 2.50. The van der Waals surface area contributed by atoms with Crippen LogP contribution in [0.4, 0.5) is 4.79 Å². The van der Waals surface area contributed by atoms with Gasteiger partial charge in [0.25, 0.3) is 0 Å². The molecule has 7 heteroatoms. The van der Waals surface area contributed by atoms with E-state index in [1.807, 2.05) is 0 Å². The van der Waals surface area contributed by atoms with Crippen LogP contribution in [0, 0.1) is 0 Å². The molecule has 0 aromatic heterocycles. The molecule has 156 valence electrons. The van der Waals surface area contributed by atoms with Crippen LogP contribution in [0.5, 0.6) is 0 Å². The van der Waals surface area contributed by atoms with Crippen LogP contribution >= 0.6 is 0 Å². The molecule has 1 aliphatic rings. The van der Waals surface area contributed by atoms with Crippen LogP contribution in [0.1, 0.15) is 48.5 Å². The first-order chi connectivity index (χ1) is 12.3. The van der Waals surface area contributed by atoms with E-state index in [1.165, 1.54) is 0 Å². The number of piperazine rings is 1. The monoisotopic (exact) mass is 383 g/mol. The first kappa shape index (κ1) is 23.4. The SMILES string of the molecule is C=C(C)C(=O)OCCNC(=O)OCC1CN(C(C)(C)C)CCN1C(C)(C)C. The van der Waals surface area contributed by atoms with Gasteiger partial charge in [0.2, 0.25) is 0 Å². The van der Waals surface area contributed by atoms with Crippen molar-refractivity contribution in [1.29, 1.82) is 0 Å². The van der Waals surface area contributed by atoms with Crippen molar-refractivity contribution < 1.29 is 19.1 Å². The maximum absolute atomic E-state index is 12.0. The van der Waals surface area contributed by atoms with Crippen molar-refractivity contribution >= 4 is 12.1 Å². The molecule has 0 aliphatic carbocycles. The third-order valence-electron chi connectivity index (χ3n) is 4.65. The van der Waals surface area contributed by atoms with Crippen LogP contribution in [0.15, 0.2) is 12.2 Å². The number of nitrogens with one attached hydrogen (secondary N) is 1. The summed E-state index contributed by atoms with van der Waals surface area (Å²) in [5.74, 6) is -0.463. The predicted molar refractivity (Wildman–Crippen MR) is 107 cm³/mol. The van der Waals surface area contributed by atoms with Crippen LogP contribution in [-0.4, -0.2) is 78.4 Å². The molecule has 0 aromatic rings. The summed E-state index contributed by atoms with van der Waals surface area (Å²) in [7, 11) is 0. The van der Waals surface area contributed by atoms with Gasteiger partial charge in [0.1, 0.15) is 13.2 Å². The summed E-state index contributed by atoms with van der Waals surface area (Å²) in [6.07, 6.45) is -0.497. The number of hydrogen-bond acceptors (Lipinski definition) is 6. The van der Waals surface area contributed by atoms with Gasteiger partial charge in [-0.05, 0) is 48.5 Å². The Labute approximate surface area is 164 Å². The molecule has 0 saturated carbocycles. The van der Waals surface area contributed by atoms with Crippen molar-refractivity contribution in [2.24, 2.45) is 0 Å². The van der Waals surface area contributed by atoms with Gasteiger partial charge < -0.3 is 14.8 Å². The third-order valence-corrected chi connectivity index (χ3v) is 4.65. The van der Waals surface area contributed by atoms with Crippen LogP contribution < -0.4 is 5.32 Å². The number of carbonyl (C=O) groups excluding carboxylic acids is 2. The number of rotatable bonds is 6. The van der Waals surface area contributed by atoms with E-state index in [1.54, 1.807) is 6.92 Å². The fourth-order valence-electron chi connectivity index (χ4n) is 3.13. The maximum atomic E-state index is 12.0. The van der Waals surface area contributed by atoms with Gasteiger partial charge in [-0.2, -0.15) is 0 Å². The van der Waals surface area contributed by atoms with E-state index < -0.39 is 12.1 Å². The molecule has 0 bridgehead atoms. The summed E-state index contributed by atoms with van der Waals surface area (Å²) in [5, 5.41) is 2.61. The summed E-state index contributed by atoms with van der Waals surface area (Å²) in [6, 6.07) is 0.130. The summed E-state index contributed by atoms with van der Waals surface area (Å²) < 4.78 is 10.4. The zero-order valence-electron chi connectivity index (χ0n) is 18.1. The number of alkyl carbamates (subject to hydrolysis) is 1. The van der Waals surface area contributed by atoms with E-state index in [0.717, 1.165) is 19.6 Å². The number of ether oxygens (including phenoxy) is 2. The van der Waals surface area contributed by atoms with Gasteiger partial charge in [0.15, 0.2) is 0 Å². The fraction of sp³-hybridized carbons (Fsp3) is 0.800. The van der Waals surface area contributed by atoms with Gasteiger partial charge in [0, 0.05) is 36.3 Å². The highest BCUT2D eigenvalue weighted by Crippen LogP contribution is 2.25. The van der Waals surface area contributed by atoms with E-state index in [9.17, 15) is 9.59 Å². The van der Waals surface area contributed by atoms with Gasteiger partial charge in [0.05, 0.1) is 12.6 Å². The van der Waals surface area contributed by atoms with Gasteiger partial charge in [-0.3, -0.25) is 9.80 Å². The molecule has 27 heavy (non-hydrogen) atoms. The molecule has 1 fully saturated rings. The second-order valence-electron chi connectivity index (χ2n) is 9.08. The highest BCUT2D eigenvalue weighted by atomic mass is 16.6. The molecular weight excluding hydrogens is 346 g/mol. The molecule has 0 spiro atoms. The highest BCUT2D eigenvalue weighted by molar-refractivity contribution is 5.86. The topological polar surface area (TPSA) is 71.1 Å². The molecule has 0 aromatic carbocycles. The molecule has 1 aliphatic heterocycles. The van der Waals surface area contributed by atoms with E-state index >= 15 is 0 Å². The molecule has 1 rings (SSSR count). The normalized spacial score (nSPS) is 19.4. The van der Waals surface area contributed by atoms with Crippen LogP contribution in [0.25, 0.3) is 0 Å². The van der Waals surface area contributed by atoms with Crippen molar-refractivity contribution in [3.05, 3.63) is 12.2 Å². The molecule has 1 saturated heterocycles. The third kappa shape index (κ3) is 7.89. The average molecular weight is 384 g/mol. The lowest BCUT2D eigenvalue weighted by Crippen LogP contribution is -2.63. The number of amides is 1. The van der Waals surface area contributed by atoms with Gasteiger partial charge in [-0.25, -0.2) is 9.59 Å². The van der Waals surface area contributed by atoms with Gasteiger partial charge in [-0.15, -0.1) is 0 Å². The van der Waals surface area contributed by atoms with Crippen molar-refractivity contribution in [3.8, 4) is 0 Å². The second-order valence-corrected chi connectivity index (χ2v) is 9.08. The summed E-state index contributed by atoms with van der Waals surface area (Å²) in [4.78, 5) is 28.1. The van der Waals surface area contributed by atoms with E-state index in [0.29, 0.717) is 12.2 Å². The highest BCUT2D eigenvalue weighted by Gasteiger charge is 2.37. The molecule has 1 atom stereocenters. The molecule has 1 amide bonds. The molecule has 1 heterocycles. The minimum absolute atomic E-state index is 0.00519. The number of nitrogens with zero attached hydrogens (tertiary/aromatic N) is 2. The van der Waals surface area contributed by atoms with Crippen LogP contribution in [0.3, 0.4) is 0 Å². The molecule has 1 N–H and O–H groups in total. The Hall–Kier alpha value is -1.60. The minimum atomic E-state index is -0.497. The Morgan fingerprint density at radius 2 is 1.70 bits per heavy atom. The Kier molecular flexibility index (Phi) is 8.29. The van der Waals surface area contributed by atoms with Gasteiger partial charge in [-0.1, -0.05) is 6.58 Å². The predicted octanol–water partition coefficient (Wildman–Crippen LogP) is 2.42. The van der Waals surface area contributed by atoms with Crippen molar-refractivity contribution in [3.63, 3.8) is 0 Å². The molecule has 7 nitrogen and oxygen atoms in total. The zero-order valence-corrected chi connectivity index (χ0v) is 18.1. The van der Waals surface area contributed by atoms with Gasteiger partial charge >= 0.3 is 12.1 Å². The van der Waals surface area contributed by atoms with E-state index in [-0.39, 0.29) is 30.3 Å². The maximum Gasteiger partial charge on any atom is 0.407 e. The molecular formula is C20H37N3O4. The lowest BCUT2D eigenvalue weighted by Gasteiger charge is -2.51. The lowest BCUT2D eigenvalue weighted by molar-refractivity contribution is -0.138. The Morgan fingerprint density at radius 1 is 1.07 bits per heavy atom. The number of carbonyl (C=O) groups is 2. The smallest absolute Gasteiger partial charge is 0.407 e. The van der Waals surface area contributed by atoms with Crippen molar-refractivity contribution in [1.82, 2.24) is 15.1 Å². The zero-order chi connectivity index (χ0) is 20.8. The van der Waals surface area contributed by atoms with Crippen molar-refractivity contribution in [2.75, 3.05) is 39.4 Å². The quantitative estimate of drug-likeness (QED) is 0.431. The number of hydrogen-bond donors (Lipinski definition) is 1. The average Bonchev–Trinajstić information content (AvgIpc) is 2.54. The first-order valence-electron chi connectivity index (χ1n) is 9.57. The molecule has 1 unspecified atom stereocenters. The van der Waals surface area contributed by atoms with Crippen LogP contribution in [-0.2, 0) is 14.3 Å². The largest absolute Gasteiger partial charge is 0.460 e. The van der Waals surface area contributed by atoms with E-state index in [2.05, 4.69) is 63.2 Å². The Morgan fingerprint density at radius 3 is 2.22 bits per heavy atom. The first-order valence-corrected chi connectivity index (χ1v) is 9.57. The summed E-state index contributed by atoms with van der Waals surface area (Å²) in [6.45, 7) is 21.7. The fourth-order valence-corrected chi connectivity index (χ4v) is 3.13. The van der Waals surface area contributed by atoms with Crippen LogP contribution in [0.2, 0.25) is 0 Å². The minimum Gasteiger partial charge on any atom is -0.460 e. The van der Waals surface area contributed by atoms with E-state index in [4.69, 9.17) is 9.47 Å². The second kappa shape index (κ2) is 9.55. The standard InChI is InChI=1S/C20H37N3O4/c1-15(2)17(24)26-12-9-21-18(25)27-14-16-13-22(19(3,4)5)10-11-23(16)20(6,7)8/h16H,1,9-14H2,2-8H3,(H,21,25). The molecule has 0 radical (unpaired) electrons. The summed E-state index contributed by atoms with van der Waals surface area (Å²) in [5.41, 5.74) is 0.420. The Bertz CT molecular complexity index is 534. The van der Waals surface area contributed by atoms with Crippen molar-refractivity contribution in [2.45, 2.75) is 65.6 Å².